The molecule has 2 aromatic rings. The molecule has 0 N–H and O–H groups in total. The highest BCUT2D eigenvalue weighted by molar-refractivity contribution is 6.30. The number of aromatic nitrogens is 1. The molecule has 6 heteroatoms. The van der Waals surface area contributed by atoms with Crippen molar-refractivity contribution in [1.29, 1.82) is 0 Å². The van der Waals surface area contributed by atoms with Crippen LogP contribution in [0.5, 0.6) is 0 Å². The van der Waals surface area contributed by atoms with Gasteiger partial charge in [0.2, 0.25) is 0 Å². The summed E-state index contributed by atoms with van der Waals surface area (Å²) in [4.78, 5) is 4.17. The number of halogens is 4. The number of para-hydroxylation sites is 1. The molecule has 0 aliphatic carbocycles. The predicted octanol–water partition coefficient (Wildman–Crippen LogP) is 4.36. The second-order valence-corrected chi connectivity index (χ2v) is 4.41. The molecule has 0 fully saturated rings. The summed E-state index contributed by atoms with van der Waals surface area (Å²) in [6.07, 6.45) is -5.17. The number of rotatable bonds is 4. The van der Waals surface area contributed by atoms with Gasteiger partial charge in [0.1, 0.15) is 5.15 Å². The summed E-state index contributed by atoms with van der Waals surface area (Å²) in [5.74, 6) is 0. The maximum Gasteiger partial charge on any atom is 0.391 e. The lowest BCUT2D eigenvalue weighted by Crippen LogP contribution is -2.11. The van der Waals surface area contributed by atoms with Crippen LogP contribution in [0.3, 0.4) is 0 Å². The number of benzene rings is 1. The average Bonchev–Trinajstić information content (AvgIpc) is 2.33. The zero-order chi connectivity index (χ0) is 13.9. The molecule has 1 aromatic carbocycles. The zero-order valence-electron chi connectivity index (χ0n) is 9.88. The van der Waals surface area contributed by atoms with Gasteiger partial charge >= 0.3 is 6.18 Å². The summed E-state index contributed by atoms with van der Waals surface area (Å²) in [5.41, 5.74) is 1.33. The molecule has 102 valence electrons. The lowest BCUT2D eigenvalue weighted by Gasteiger charge is -2.09. The van der Waals surface area contributed by atoms with E-state index in [1.165, 1.54) is 0 Å². The minimum atomic E-state index is -4.20. The normalized spacial score (nSPS) is 12.0. The van der Waals surface area contributed by atoms with Crippen molar-refractivity contribution < 1.29 is 17.9 Å². The molecule has 0 radical (unpaired) electrons. The van der Waals surface area contributed by atoms with Crippen LogP contribution in [0.1, 0.15) is 12.0 Å². The van der Waals surface area contributed by atoms with Gasteiger partial charge in [-0.25, -0.2) is 4.98 Å². The number of hydrogen-bond acceptors (Lipinski definition) is 2. The molecule has 1 aromatic heterocycles. The predicted molar refractivity (Wildman–Crippen MR) is 67.1 cm³/mol. The molecule has 0 aliphatic heterocycles. The summed E-state index contributed by atoms with van der Waals surface area (Å²) in [7, 11) is 0. The number of pyridine rings is 1. The van der Waals surface area contributed by atoms with Gasteiger partial charge in [0, 0.05) is 10.9 Å². The summed E-state index contributed by atoms with van der Waals surface area (Å²) in [6, 6.07) is 9.14. The van der Waals surface area contributed by atoms with E-state index in [0.717, 1.165) is 10.9 Å². The van der Waals surface area contributed by atoms with Gasteiger partial charge in [-0.05, 0) is 12.1 Å². The summed E-state index contributed by atoms with van der Waals surface area (Å²) >= 11 is 5.96. The first-order chi connectivity index (χ1) is 8.96. The smallest absolute Gasteiger partial charge is 0.376 e. The number of fused-ring (bicyclic) bond motifs is 1. The van der Waals surface area contributed by atoms with E-state index < -0.39 is 12.6 Å². The largest absolute Gasteiger partial charge is 0.391 e. The molecular weight excluding hydrogens is 279 g/mol. The van der Waals surface area contributed by atoms with Crippen LogP contribution in [-0.2, 0) is 11.3 Å². The van der Waals surface area contributed by atoms with E-state index in [2.05, 4.69) is 4.98 Å². The molecule has 0 atom stereocenters. The molecular formula is C13H11ClF3NO. The second kappa shape index (κ2) is 5.75. The van der Waals surface area contributed by atoms with Gasteiger partial charge in [0.25, 0.3) is 0 Å². The van der Waals surface area contributed by atoms with Gasteiger partial charge in [0.15, 0.2) is 0 Å². The minimum Gasteiger partial charge on any atom is -0.376 e. The van der Waals surface area contributed by atoms with Crippen molar-refractivity contribution in [2.45, 2.75) is 19.2 Å². The van der Waals surface area contributed by atoms with Crippen molar-refractivity contribution >= 4 is 22.5 Å². The maximum absolute atomic E-state index is 12.0. The van der Waals surface area contributed by atoms with E-state index in [-0.39, 0.29) is 18.4 Å². The molecule has 19 heavy (non-hydrogen) atoms. The molecule has 0 bridgehead atoms. The third kappa shape index (κ3) is 4.08. The number of ether oxygens (including phenoxy) is 1. The molecule has 0 spiro atoms. The van der Waals surface area contributed by atoms with Crippen LogP contribution in [0, 0.1) is 0 Å². The van der Waals surface area contributed by atoms with Crippen LogP contribution in [0.25, 0.3) is 10.9 Å². The fraction of sp³-hybridized carbons (Fsp3) is 0.308. The number of alkyl halides is 3. The van der Waals surface area contributed by atoms with Crippen LogP contribution in [-0.4, -0.2) is 17.8 Å². The van der Waals surface area contributed by atoms with Crippen LogP contribution in [0.4, 0.5) is 13.2 Å². The van der Waals surface area contributed by atoms with Crippen LogP contribution < -0.4 is 0 Å². The van der Waals surface area contributed by atoms with Gasteiger partial charge in [-0.15, -0.1) is 0 Å². The minimum absolute atomic E-state index is 0.0206. The van der Waals surface area contributed by atoms with Crippen molar-refractivity contribution in [3.8, 4) is 0 Å². The molecule has 2 rings (SSSR count). The number of nitrogens with zero attached hydrogens (tertiary/aromatic N) is 1. The summed E-state index contributed by atoms with van der Waals surface area (Å²) < 4.78 is 40.8. The Hall–Kier alpha value is -1.33. The van der Waals surface area contributed by atoms with E-state index in [0.29, 0.717) is 5.56 Å². The highest BCUT2D eigenvalue weighted by Crippen LogP contribution is 2.22. The molecule has 0 saturated heterocycles. The molecule has 2 nitrogen and oxygen atoms in total. The fourth-order valence-electron chi connectivity index (χ4n) is 1.61. The van der Waals surface area contributed by atoms with Crippen LogP contribution in [0.15, 0.2) is 30.3 Å². The zero-order valence-corrected chi connectivity index (χ0v) is 10.6. The lowest BCUT2D eigenvalue weighted by molar-refractivity contribution is -0.146. The maximum atomic E-state index is 12.0. The Labute approximate surface area is 113 Å². The Morgan fingerprint density at radius 2 is 1.95 bits per heavy atom. The van der Waals surface area contributed by atoms with Gasteiger partial charge < -0.3 is 4.74 Å². The van der Waals surface area contributed by atoms with Crippen molar-refractivity contribution in [3.63, 3.8) is 0 Å². The van der Waals surface area contributed by atoms with Crippen LogP contribution in [0.2, 0.25) is 5.15 Å². The van der Waals surface area contributed by atoms with Crippen molar-refractivity contribution in [3.05, 3.63) is 41.0 Å². The Bertz CT molecular complexity index is 571. The van der Waals surface area contributed by atoms with Crippen molar-refractivity contribution in [1.82, 2.24) is 4.98 Å². The first-order valence-electron chi connectivity index (χ1n) is 5.64. The van der Waals surface area contributed by atoms with Crippen molar-refractivity contribution in [2.75, 3.05) is 6.61 Å². The van der Waals surface area contributed by atoms with Gasteiger partial charge in [-0.2, -0.15) is 13.2 Å². The Morgan fingerprint density at radius 3 is 2.68 bits per heavy atom. The lowest BCUT2D eigenvalue weighted by atomic mass is 10.2. The highest BCUT2D eigenvalue weighted by atomic mass is 35.5. The second-order valence-electron chi connectivity index (χ2n) is 4.05. The monoisotopic (exact) mass is 289 g/mol. The molecule has 0 saturated carbocycles. The SMILES string of the molecule is FC(F)(F)CCOCc1cc2ccccc2nc1Cl. The third-order valence-electron chi connectivity index (χ3n) is 2.54. The van der Waals surface area contributed by atoms with Crippen molar-refractivity contribution in [2.24, 2.45) is 0 Å². The Balaban J connectivity index is 2.02. The van der Waals surface area contributed by atoms with E-state index in [1.807, 2.05) is 24.3 Å². The first kappa shape index (κ1) is 14.1. The van der Waals surface area contributed by atoms with Gasteiger partial charge in [-0.1, -0.05) is 29.8 Å². The summed E-state index contributed by atoms with van der Waals surface area (Å²) in [5, 5.41) is 1.13. The first-order valence-corrected chi connectivity index (χ1v) is 6.02. The van der Waals surface area contributed by atoms with E-state index in [4.69, 9.17) is 16.3 Å². The number of hydrogen-bond donors (Lipinski definition) is 0. The van der Waals surface area contributed by atoms with E-state index >= 15 is 0 Å². The average molecular weight is 290 g/mol. The van der Waals surface area contributed by atoms with E-state index in [9.17, 15) is 13.2 Å². The molecule has 0 amide bonds. The Kier molecular flexibility index (Phi) is 4.27. The standard InChI is InChI=1S/C13H11ClF3NO/c14-12-10(8-19-6-5-13(15,16)17)7-9-3-1-2-4-11(9)18-12/h1-4,7H,5-6,8H2. The summed E-state index contributed by atoms with van der Waals surface area (Å²) in [6.45, 7) is -0.362. The molecule has 0 aliphatic rings. The quantitative estimate of drug-likeness (QED) is 0.616. The van der Waals surface area contributed by atoms with Gasteiger partial charge in [-0.3, -0.25) is 0 Å². The fourth-order valence-corrected chi connectivity index (χ4v) is 1.81. The third-order valence-corrected chi connectivity index (χ3v) is 2.86. The topological polar surface area (TPSA) is 22.1 Å². The molecule has 1 heterocycles. The van der Waals surface area contributed by atoms with Gasteiger partial charge in [0.05, 0.1) is 25.2 Å². The van der Waals surface area contributed by atoms with E-state index in [1.54, 1.807) is 6.07 Å². The molecule has 0 unspecified atom stereocenters. The highest BCUT2D eigenvalue weighted by Gasteiger charge is 2.26. The van der Waals surface area contributed by atoms with Crippen LogP contribution >= 0.6 is 11.6 Å². The Morgan fingerprint density at radius 1 is 1.21 bits per heavy atom.